The van der Waals surface area contributed by atoms with Crippen molar-refractivity contribution in [3.8, 4) is 0 Å². The highest BCUT2D eigenvalue weighted by Gasteiger charge is 2.30. The number of ether oxygens (including phenoxy) is 1. The average molecular weight is 468 g/mol. The number of hydrogen-bond donors (Lipinski definition) is 0. The smallest absolute Gasteiger partial charge is 0.264 e. The summed E-state index contributed by atoms with van der Waals surface area (Å²) in [5.41, 5.74) is 2.78. The van der Waals surface area contributed by atoms with Crippen LogP contribution >= 0.6 is 0 Å². The number of benzene rings is 2. The van der Waals surface area contributed by atoms with Crippen molar-refractivity contribution in [1.82, 2.24) is 9.78 Å². The van der Waals surface area contributed by atoms with Crippen molar-refractivity contribution in [2.45, 2.75) is 56.9 Å². The van der Waals surface area contributed by atoms with Crippen molar-refractivity contribution in [3.05, 3.63) is 54.2 Å². The minimum atomic E-state index is -3.67. The second-order valence-electron chi connectivity index (χ2n) is 9.48. The molecule has 1 aliphatic carbocycles. The van der Waals surface area contributed by atoms with Crippen molar-refractivity contribution in [2.75, 3.05) is 24.1 Å². The molecule has 0 bridgehead atoms. The van der Waals surface area contributed by atoms with Gasteiger partial charge in [0.2, 0.25) is 0 Å². The van der Waals surface area contributed by atoms with Gasteiger partial charge in [-0.1, -0.05) is 25.5 Å². The standard InChI is InChI=1S/C26H33N3O3S/c1-2-20-6-8-24(9-7-20)29(18-21-4-3-5-21)33(30,31)25-10-11-26-23(16-25)19-28(27-26)17-22-12-14-32-15-13-22/h6-11,16,19,21-22H,2-5,12-15,17-18H2,1H3. The number of anilines is 1. The van der Waals surface area contributed by atoms with Crippen LogP contribution in [-0.2, 0) is 27.7 Å². The van der Waals surface area contributed by atoms with E-state index in [0.29, 0.717) is 23.3 Å². The SMILES string of the molecule is CCc1ccc(N(CC2CCC2)S(=O)(=O)c2ccc3nn(CC4CCOCC4)cc3c2)cc1. The lowest BCUT2D eigenvalue weighted by Gasteiger charge is -2.33. The van der Waals surface area contributed by atoms with E-state index < -0.39 is 10.0 Å². The Bertz CT molecular complexity index is 1190. The van der Waals surface area contributed by atoms with E-state index in [1.807, 2.05) is 41.2 Å². The fraction of sp³-hybridized carbons (Fsp3) is 0.500. The van der Waals surface area contributed by atoms with Crippen LogP contribution in [0.2, 0.25) is 0 Å². The van der Waals surface area contributed by atoms with Gasteiger partial charge in [0.25, 0.3) is 10.0 Å². The molecule has 0 N–H and O–H groups in total. The average Bonchev–Trinajstić information content (AvgIpc) is 3.20. The summed E-state index contributed by atoms with van der Waals surface area (Å²) < 4.78 is 36.7. The predicted octanol–water partition coefficient (Wildman–Crippen LogP) is 5.02. The lowest BCUT2D eigenvalue weighted by molar-refractivity contribution is 0.0602. The number of rotatable bonds is 8. The van der Waals surface area contributed by atoms with Gasteiger partial charge in [0.1, 0.15) is 0 Å². The molecule has 7 heteroatoms. The Hall–Kier alpha value is -2.38. The number of nitrogens with zero attached hydrogens (tertiary/aromatic N) is 3. The number of hydrogen-bond acceptors (Lipinski definition) is 4. The molecule has 2 fully saturated rings. The molecule has 6 nitrogen and oxygen atoms in total. The van der Waals surface area contributed by atoms with E-state index in [4.69, 9.17) is 9.84 Å². The molecule has 0 amide bonds. The minimum absolute atomic E-state index is 0.333. The first-order chi connectivity index (χ1) is 16.0. The molecule has 0 spiro atoms. The van der Waals surface area contributed by atoms with Gasteiger partial charge in [-0.2, -0.15) is 5.10 Å². The van der Waals surface area contributed by atoms with Gasteiger partial charge >= 0.3 is 0 Å². The molecule has 2 aliphatic rings. The van der Waals surface area contributed by atoms with Gasteiger partial charge in [0, 0.05) is 37.9 Å². The largest absolute Gasteiger partial charge is 0.381 e. The Kier molecular flexibility index (Phi) is 6.43. The number of sulfonamides is 1. The molecule has 0 atom stereocenters. The van der Waals surface area contributed by atoms with E-state index in [2.05, 4.69) is 6.92 Å². The molecule has 0 unspecified atom stereocenters. The molecule has 176 valence electrons. The highest BCUT2D eigenvalue weighted by atomic mass is 32.2. The van der Waals surface area contributed by atoms with Crippen molar-refractivity contribution < 1.29 is 13.2 Å². The third-order valence-electron chi connectivity index (χ3n) is 7.18. The molecule has 5 rings (SSSR count). The molecule has 1 saturated carbocycles. The zero-order valence-corrected chi connectivity index (χ0v) is 20.1. The van der Waals surface area contributed by atoms with E-state index in [9.17, 15) is 8.42 Å². The Morgan fingerprint density at radius 3 is 2.45 bits per heavy atom. The van der Waals surface area contributed by atoms with Gasteiger partial charge in [0.05, 0.1) is 16.1 Å². The summed E-state index contributed by atoms with van der Waals surface area (Å²) in [5, 5.41) is 5.56. The first kappa shape index (κ1) is 22.4. The Morgan fingerprint density at radius 2 is 1.79 bits per heavy atom. The summed E-state index contributed by atoms with van der Waals surface area (Å²) in [6.07, 6.45) is 8.38. The van der Waals surface area contributed by atoms with Gasteiger partial charge in [-0.3, -0.25) is 8.99 Å². The van der Waals surface area contributed by atoms with E-state index in [-0.39, 0.29) is 0 Å². The van der Waals surface area contributed by atoms with Crippen LogP contribution < -0.4 is 4.31 Å². The molecule has 3 aromatic rings. The summed E-state index contributed by atoms with van der Waals surface area (Å²) in [7, 11) is -3.67. The predicted molar refractivity (Wildman–Crippen MR) is 131 cm³/mol. The van der Waals surface area contributed by atoms with Crippen molar-refractivity contribution >= 4 is 26.6 Å². The quantitative estimate of drug-likeness (QED) is 0.467. The lowest BCUT2D eigenvalue weighted by atomic mass is 9.85. The maximum atomic E-state index is 13.8. The van der Waals surface area contributed by atoms with E-state index in [0.717, 1.165) is 68.5 Å². The molecule has 1 aromatic heterocycles. The zero-order chi connectivity index (χ0) is 22.8. The third kappa shape index (κ3) is 4.80. The first-order valence-electron chi connectivity index (χ1n) is 12.2. The normalized spacial score (nSPS) is 17.8. The second-order valence-corrected chi connectivity index (χ2v) is 11.3. The van der Waals surface area contributed by atoms with Crippen molar-refractivity contribution in [1.29, 1.82) is 0 Å². The van der Waals surface area contributed by atoms with Gasteiger partial charge < -0.3 is 4.74 Å². The molecule has 33 heavy (non-hydrogen) atoms. The molecule has 1 aliphatic heterocycles. The van der Waals surface area contributed by atoms with E-state index in [1.165, 1.54) is 12.0 Å². The molecule has 1 saturated heterocycles. The Balaban J connectivity index is 1.44. The monoisotopic (exact) mass is 467 g/mol. The van der Waals surface area contributed by atoms with Crippen molar-refractivity contribution in [3.63, 3.8) is 0 Å². The summed E-state index contributed by atoms with van der Waals surface area (Å²) in [6.45, 7) is 5.11. The molecule has 0 radical (unpaired) electrons. The van der Waals surface area contributed by atoms with Crippen LogP contribution in [0.4, 0.5) is 5.69 Å². The van der Waals surface area contributed by atoms with Crippen LogP contribution in [0.1, 0.15) is 44.6 Å². The summed E-state index contributed by atoms with van der Waals surface area (Å²) in [5.74, 6) is 0.983. The molecule has 2 heterocycles. The van der Waals surface area contributed by atoms with Crippen molar-refractivity contribution in [2.24, 2.45) is 11.8 Å². The first-order valence-corrected chi connectivity index (χ1v) is 13.6. The van der Waals surface area contributed by atoms with Gasteiger partial charge in [-0.25, -0.2) is 8.42 Å². The van der Waals surface area contributed by atoms with Gasteiger partial charge in [-0.05, 0) is 79.8 Å². The van der Waals surface area contributed by atoms with Gasteiger partial charge in [0.15, 0.2) is 0 Å². The maximum absolute atomic E-state index is 13.8. The summed E-state index contributed by atoms with van der Waals surface area (Å²) >= 11 is 0. The van der Waals surface area contributed by atoms with Gasteiger partial charge in [-0.15, -0.1) is 0 Å². The highest BCUT2D eigenvalue weighted by Crippen LogP contribution is 2.33. The fourth-order valence-electron chi connectivity index (χ4n) is 4.78. The van der Waals surface area contributed by atoms with Crippen LogP contribution in [0, 0.1) is 11.8 Å². The molecular weight excluding hydrogens is 434 g/mol. The van der Waals surface area contributed by atoms with Crippen LogP contribution in [-0.4, -0.2) is 38.0 Å². The minimum Gasteiger partial charge on any atom is -0.381 e. The fourth-order valence-corrected chi connectivity index (χ4v) is 6.36. The van der Waals surface area contributed by atoms with E-state index >= 15 is 0 Å². The third-order valence-corrected chi connectivity index (χ3v) is 8.97. The second kappa shape index (κ2) is 9.47. The van der Waals surface area contributed by atoms with Crippen LogP contribution in [0.25, 0.3) is 10.9 Å². The van der Waals surface area contributed by atoms with Crippen LogP contribution in [0.3, 0.4) is 0 Å². The Morgan fingerprint density at radius 1 is 1.03 bits per heavy atom. The number of aryl methyl sites for hydroxylation is 1. The number of aromatic nitrogens is 2. The lowest BCUT2D eigenvalue weighted by Crippen LogP contribution is -2.37. The molecular formula is C26H33N3O3S. The maximum Gasteiger partial charge on any atom is 0.264 e. The zero-order valence-electron chi connectivity index (χ0n) is 19.3. The topological polar surface area (TPSA) is 64.4 Å². The van der Waals surface area contributed by atoms with E-state index in [1.54, 1.807) is 16.4 Å². The van der Waals surface area contributed by atoms with Crippen LogP contribution in [0.5, 0.6) is 0 Å². The van der Waals surface area contributed by atoms with Crippen LogP contribution in [0.15, 0.2) is 53.6 Å². The summed E-state index contributed by atoms with van der Waals surface area (Å²) in [6, 6.07) is 13.3. The number of fused-ring (bicyclic) bond motifs is 1. The highest BCUT2D eigenvalue weighted by molar-refractivity contribution is 7.92. The molecule has 2 aromatic carbocycles. The summed E-state index contributed by atoms with van der Waals surface area (Å²) in [4.78, 5) is 0.333. The Labute approximate surface area is 196 Å².